The number of halogens is 1. The van der Waals surface area contributed by atoms with Gasteiger partial charge in [-0.2, -0.15) is 0 Å². The topological polar surface area (TPSA) is 50.8 Å². The van der Waals surface area contributed by atoms with Crippen LogP contribution in [0.25, 0.3) is 0 Å². The van der Waals surface area contributed by atoms with Crippen LogP contribution in [-0.2, 0) is 14.3 Å². The molecule has 5 nitrogen and oxygen atoms in total. The van der Waals surface area contributed by atoms with E-state index in [1.54, 1.807) is 7.11 Å². The Bertz CT molecular complexity index is 822. The first-order valence-electron chi connectivity index (χ1n) is 11.1. The molecule has 1 N–H and O–H groups in total. The van der Waals surface area contributed by atoms with Crippen LogP contribution in [0.15, 0.2) is 42.5 Å². The van der Waals surface area contributed by atoms with Crippen molar-refractivity contribution in [1.29, 1.82) is 0 Å². The Kier molecular flexibility index (Phi) is 9.19. The van der Waals surface area contributed by atoms with Gasteiger partial charge in [0.2, 0.25) is 0 Å². The lowest BCUT2D eigenvalue weighted by Gasteiger charge is -2.37. The summed E-state index contributed by atoms with van der Waals surface area (Å²) in [6, 6.07) is 14.7. The normalized spacial score (nSPS) is 15.5. The molecule has 0 spiro atoms. The minimum absolute atomic E-state index is 0.216. The lowest BCUT2D eigenvalue weighted by atomic mass is 9.92. The van der Waals surface area contributed by atoms with Gasteiger partial charge < -0.3 is 24.5 Å². The van der Waals surface area contributed by atoms with Gasteiger partial charge in [0.1, 0.15) is 6.29 Å². The van der Waals surface area contributed by atoms with E-state index in [0.29, 0.717) is 24.1 Å². The third-order valence-corrected chi connectivity index (χ3v) is 6.22. The molecule has 0 bridgehead atoms. The van der Waals surface area contributed by atoms with Crippen molar-refractivity contribution >= 4 is 34.9 Å². The number of hydrogen-bond donors (Lipinski definition) is 1. The average molecular weight is 445 g/mol. The number of rotatable bonds is 11. The smallest absolute Gasteiger partial charge is 0.120 e. The SMILES string of the molecule is CCC(CC=O)c1ccc(N(CCOC)C2CCOCC2)c(Nc2ccc(Cl)cc2)c1. The first kappa shape index (κ1) is 23.6. The minimum atomic E-state index is 0.216. The standard InChI is InChI=1S/C25H33ClN2O3/c1-3-19(10-14-29)20-4-9-25(24(18-20)27-22-7-5-21(26)6-8-22)28(13-17-30-2)23-11-15-31-16-12-23/h4-9,14,18-19,23,27H,3,10-13,15-17H2,1-2H3. The lowest BCUT2D eigenvalue weighted by molar-refractivity contribution is -0.108. The van der Waals surface area contributed by atoms with Crippen LogP contribution in [0.1, 0.15) is 44.1 Å². The van der Waals surface area contributed by atoms with Crippen molar-refractivity contribution in [3.05, 3.63) is 53.1 Å². The number of methoxy groups -OCH3 is 1. The summed E-state index contributed by atoms with van der Waals surface area (Å²) in [7, 11) is 1.74. The second kappa shape index (κ2) is 12.1. The summed E-state index contributed by atoms with van der Waals surface area (Å²) in [6.45, 7) is 5.15. The molecule has 31 heavy (non-hydrogen) atoms. The predicted octanol–water partition coefficient (Wildman–Crippen LogP) is 5.80. The Morgan fingerprint density at radius 1 is 1.23 bits per heavy atom. The molecule has 2 aromatic carbocycles. The van der Waals surface area contributed by atoms with Crippen molar-refractivity contribution in [3.8, 4) is 0 Å². The predicted molar refractivity (Wildman–Crippen MR) is 128 cm³/mol. The molecule has 0 saturated carbocycles. The molecule has 6 heteroatoms. The summed E-state index contributed by atoms with van der Waals surface area (Å²) in [5, 5.41) is 4.31. The summed E-state index contributed by atoms with van der Waals surface area (Å²) in [4.78, 5) is 13.6. The highest BCUT2D eigenvalue weighted by molar-refractivity contribution is 6.30. The summed E-state index contributed by atoms with van der Waals surface area (Å²) in [5.41, 5.74) is 4.33. The van der Waals surface area contributed by atoms with Gasteiger partial charge in [-0.05, 0) is 67.1 Å². The van der Waals surface area contributed by atoms with E-state index in [4.69, 9.17) is 21.1 Å². The van der Waals surface area contributed by atoms with Crippen molar-refractivity contribution in [2.24, 2.45) is 0 Å². The number of aldehydes is 1. The molecule has 0 amide bonds. The molecule has 1 aliphatic rings. The molecule has 1 atom stereocenters. The van der Waals surface area contributed by atoms with E-state index in [9.17, 15) is 4.79 Å². The highest BCUT2D eigenvalue weighted by atomic mass is 35.5. The Morgan fingerprint density at radius 2 is 1.97 bits per heavy atom. The maximum absolute atomic E-state index is 11.2. The summed E-state index contributed by atoms with van der Waals surface area (Å²) >= 11 is 6.08. The van der Waals surface area contributed by atoms with Crippen molar-refractivity contribution in [1.82, 2.24) is 0 Å². The second-order valence-corrected chi connectivity index (χ2v) is 8.38. The quantitative estimate of drug-likeness (QED) is 0.444. The van der Waals surface area contributed by atoms with Crippen LogP contribution in [0, 0.1) is 0 Å². The molecule has 1 heterocycles. The maximum atomic E-state index is 11.2. The molecule has 3 rings (SSSR count). The molecule has 168 valence electrons. The van der Waals surface area contributed by atoms with Crippen LogP contribution >= 0.6 is 11.6 Å². The fraction of sp³-hybridized carbons (Fsp3) is 0.480. The third-order valence-electron chi connectivity index (χ3n) is 5.97. The van der Waals surface area contributed by atoms with E-state index >= 15 is 0 Å². The summed E-state index contributed by atoms with van der Waals surface area (Å²) in [6.07, 6.45) is 4.46. The third kappa shape index (κ3) is 6.45. The van der Waals surface area contributed by atoms with Gasteiger partial charge >= 0.3 is 0 Å². The van der Waals surface area contributed by atoms with Gasteiger partial charge in [-0.25, -0.2) is 0 Å². The number of carbonyl (C=O) groups is 1. The van der Waals surface area contributed by atoms with Gasteiger partial charge in [0.15, 0.2) is 0 Å². The second-order valence-electron chi connectivity index (χ2n) is 7.95. The minimum Gasteiger partial charge on any atom is -0.383 e. The Labute approximate surface area is 190 Å². The first-order chi connectivity index (χ1) is 15.2. The number of anilines is 3. The van der Waals surface area contributed by atoms with E-state index in [2.05, 4.69) is 35.3 Å². The van der Waals surface area contributed by atoms with Crippen LogP contribution in [0.5, 0.6) is 0 Å². The van der Waals surface area contributed by atoms with Crippen molar-refractivity contribution in [2.45, 2.75) is 44.6 Å². The molecule has 0 aromatic heterocycles. The molecular formula is C25H33ClN2O3. The number of benzene rings is 2. The lowest BCUT2D eigenvalue weighted by Crippen LogP contribution is -2.41. The van der Waals surface area contributed by atoms with E-state index < -0.39 is 0 Å². The highest BCUT2D eigenvalue weighted by Gasteiger charge is 2.24. The largest absolute Gasteiger partial charge is 0.383 e. The Balaban J connectivity index is 2.00. The molecule has 0 aliphatic carbocycles. The van der Waals surface area contributed by atoms with Crippen LogP contribution in [0.3, 0.4) is 0 Å². The van der Waals surface area contributed by atoms with Crippen LogP contribution in [0.2, 0.25) is 5.02 Å². The van der Waals surface area contributed by atoms with E-state index in [1.807, 2.05) is 24.3 Å². The monoisotopic (exact) mass is 444 g/mol. The molecule has 2 aromatic rings. The van der Waals surface area contributed by atoms with Crippen molar-refractivity contribution in [2.75, 3.05) is 43.7 Å². The molecule has 1 unspecified atom stereocenters. The molecule has 1 aliphatic heterocycles. The van der Waals surface area contributed by atoms with Gasteiger partial charge in [-0.1, -0.05) is 24.6 Å². The van der Waals surface area contributed by atoms with Crippen LogP contribution in [0.4, 0.5) is 17.1 Å². The fourth-order valence-corrected chi connectivity index (χ4v) is 4.31. The summed E-state index contributed by atoms with van der Waals surface area (Å²) < 4.78 is 11.0. The number of carbonyl (C=O) groups excluding carboxylic acids is 1. The number of ether oxygens (including phenoxy) is 2. The number of nitrogens with one attached hydrogen (secondary N) is 1. The zero-order valence-corrected chi connectivity index (χ0v) is 19.2. The van der Waals surface area contributed by atoms with E-state index in [-0.39, 0.29) is 5.92 Å². The first-order valence-corrected chi connectivity index (χ1v) is 11.5. The molecule has 1 saturated heterocycles. The average Bonchev–Trinajstić information content (AvgIpc) is 2.80. The van der Waals surface area contributed by atoms with E-state index in [1.165, 1.54) is 5.56 Å². The molecular weight excluding hydrogens is 412 g/mol. The van der Waals surface area contributed by atoms with Gasteiger partial charge in [-0.15, -0.1) is 0 Å². The zero-order valence-electron chi connectivity index (χ0n) is 18.5. The maximum Gasteiger partial charge on any atom is 0.120 e. The van der Waals surface area contributed by atoms with Crippen molar-refractivity contribution < 1.29 is 14.3 Å². The van der Waals surface area contributed by atoms with Crippen molar-refractivity contribution in [3.63, 3.8) is 0 Å². The molecule has 1 fully saturated rings. The van der Waals surface area contributed by atoms with Gasteiger partial charge in [-0.3, -0.25) is 0 Å². The van der Waals surface area contributed by atoms with Gasteiger partial charge in [0, 0.05) is 50.0 Å². The van der Waals surface area contributed by atoms with E-state index in [0.717, 1.165) is 62.4 Å². The van der Waals surface area contributed by atoms with Crippen LogP contribution in [-0.4, -0.2) is 45.8 Å². The summed E-state index contributed by atoms with van der Waals surface area (Å²) in [5.74, 6) is 0.216. The Hall–Kier alpha value is -2.08. The Morgan fingerprint density at radius 3 is 2.61 bits per heavy atom. The molecule has 0 radical (unpaired) electrons. The van der Waals surface area contributed by atoms with Crippen LogP contribution < -0.4 is 10.2 Å². The number of nitrogens with zero attached hydrogens (tertiary/aromatic N) is 1. The van der Waals surface area contributed by atoms with Gasteiger partial charge in [0.05, 0.1) is 18.0 Å². The zero-order chi connectivity index (χ0) is 22.1. The fourth-order valence-electron chi connectivity index (χ4n) is 4.19. The highest BCUT2D eigenvalue weighted by Crippen LogP contribution is 2.36. The number of hydrogen-bond acceptors (Lipinski definition) is 5. The van der Waals surface area contributed by atoms with Gasteiger partial charge in [0.25, 0.3) is 0 Å².